The van der Waals surface area contributed by atoms with E-state index in [1.54, 1.807) is 25.1 Å². The highest BCUT2D eigenvalue weighted by Crippen LogP contribution is 2.29. The number of anilines is 1. The second kappa shape index (κ2) is 10.1. The number of para-hydroxylation sites is 2. The van der Waals surface area contributed by atoms with Crippen molar-refractivity contribution in [2.45, 2.75) is 39.3 Å². The first-order chi connectivity index (χ1) is 15.2. The number of hydrogen-bond acceptors (Lipinski definition) is 6. The van der Waals surface area contributed by atoms with Crippen LogP contribution in [-0.4, -0.2) is 34.1 Å². The maximum atomic E-state index is 12.4. The summed E-state index contributed by atoms with van der Waals surface area (Å²) < 4.78 is 11.4. The first-order valence-corrected chi connectivity index (χ1v) is 10.3. The van der Waals surface area contributed by atoms with Crippen LogP contribution in [0.5, 0.6) is 5.75 Å². The van der Waals surface area contributed by atoms with E-state index in [0.29, 0.717) is 34.3 Å². The van der Waals surface area contributed by atoms with Crippen molar-refractivity contribution in [2.24, 2.45) is 0 Å². The number of aromatic nitrogens is 1. The van der Waals surface area contributed by atoms with Crippen molar-refractivity contribution in [1.29, 1.82) is 0 Å². The van der Waals surface area contributed by atoms with E-state index in [-0.39, 0.29) is 25.5 Å². The molecule has 168 valence electrons. The first-order valence-electron chi connectivity index (χ1n) is 10.3. The summed E-state index contributed by atoms with van der Waals surface area (Å²) in [6.45, 7) is 4.93. The molecule has 0 atom stereocenters. The van der Waals surface area contributed by atoms with Gasteiger partial charge in [0.1, 0.15) is 22.8 Å². The molecule has 8 nitrogen and oxygen atoms in total. The van der Waals surface area contributed by atoms with E-state index in [1.165, 1.54) is 13.8 Å². The van der Waals surface area contributed by atoms with Crippen molar-refractivity contribution in [3.05, 3.63) is 66.1 Å². The molecule has 0 aliphatic heterocycles. The lowest BCUT2D eigenvalue weighted by atomic mass is 10.1. The van der Waals surface area contributed by atoms with E-state index >= 15 is 0 Å². The van der Waals surface area contributed by atoms with Crippen LogP contribution < -0.4 is 15.4 Å². The minimum absolute atomic E-state index is 0.115. The van der Waals surface area contributed by atoms with Gasteiger partial charge in [0.15, 0.2) is 0 Å². The number of oxazole rings is 1. The Morgan fingerprint density at radius 1 is 1.09 bits per heavy atom. The SMILES string of the molecule is Cc1oc(-c2ccccc2NC(=O)CCOc2ccccc2)nc1CNC(=O)C(C)(C)O. The molecule has 0 unspecified atom stereocenters. The van der Waals surface area contributed by atoms with Crippen LogP contribution in [0.4, 0.5) is 5.69 Å². The molecule has 2 aromatic carbocycles. The van der Waals surface area contributed by atoms with Crippen LogP contribution in [0.2, 0.25) is 0 Å². The Balaban J connectivity index is 1.64. The molecule has 0 spiro atoms. The smallest absolute Gasteiger partial charge is 0.251 e. The van der Waals surface area contributed by atoms with Gasteiger partial charge in [0, 0.05) is 0 Å². The van der Waals surface area contributed by atoms with Crippen molar-refractivity contribution in [1.82, 2.24) is 10.3 Å². The van der Waals surface area contributed by atoms with Gasteiger partial charge in [-0.15, -0.1) is 0 Å². The van der Waals surface area contributed by atoms with Crippen molar-refractivity contribution in [2.75, 3.05) is 11.9 Å². The Morgan fingerprint density at radius 2 is 1.78 bits per heavy atom. The van der Waals surface area contributed by atoms with Crippen LogP contribution in [0.15, 0.2) is 59.0 Å². The zero-order chi connectivity index (χ0) is 23.1. The summed E-state index contributed by atoms with van der Waals surface area (Å²) in [6, 6.07) is 16.5. The van der Waals surface area contributed by atoms with Gasteiger partial charge < -0.3 is 24.9 Å². The standard InChI is InChI=1S/C24H27N3O5/c1-16-20(15-25-23(29)24(2,3)30)27-22(32-16)18-11-7-8-12-19(18)26-21(28)13-14-31-17-9-5-4-6-10-17/h4-12,30H,13-15H2,1-3H3,(H,25,29)(H,26,28). The molecule has 1 aromatic heterocycles. The molecule has 8 heteroatoms. The van der Waals surface area contributed by atoms with Crippen LogP contribution in [-0.2, 0) is 16.1 Å². The largest absolute Gasteiger partial charge is 0.493 e. The fourth-order valence-electron chi connectivity index (χ4n) is 2.86. The predicted molar refractivity (Wildman–Crippen MR) is 120 cm³/mol. The number of carbonyl (C=O) groups excluding carboxylic acids is 2. The van der Waals surface area contributed by atoms with Crippen LogP contribution in [0.1, 0.15) is 31.7 Å². The average Bonchev–Trinajstić information content (AvgIpc) is 3.12. The number of nitrogens with zero attached hydrogens (tertiary/aromatic N) is 1. The molecular formula is C24H27N3O5. The number of benzene rings is 2. The van der Waals surface area contributed by atoms with E-state index in [1.807, 2.05) is 36.4 Å². The minimum Gasteiger partial charge on any atom is -0.493 e. The number of carbonyl (C=O) groups is 2. The third-order valence-electron chi connectivity index (χ3n) is 4.64. The first kappa shape index (κ1) is 23.0. The number of aliphatic hydroxyl groups is 1. The lowest BCUT2D eigenvalue weighted by molar-refractivity contribution is -0.136. The number of aryl methyl sites for hydroxylation is 1. The Bertz CT molecular complexity index is 1070. The van der Waals surface area contributed by atoms with Crippen molar-refractivity contribution in [3.8, 4) is 17.2 Å². The quantitative estimate of drug-likeness (QED) is 0.473. The van der Waals surface area contributed by atoms with Crippen LogP contribution in [0.3, 0.4) is 0 Å². The van der Waals surface area contributed by atoms with Gasteiger partial charge in [-0.3, -0.25) is 9.59 Å². The molecule has 2 amide bonds. The Hall–Kier alpha value is -3.65. The third kappa shape index (κ3) is 6.18. The second-order valence-electron chi connectivity index (χ2n) is 7.77. The molecule has 0 fully saturated rings. The summed E-state index contributed by atoms with van der Waals surface area (Å²) >= 11 is 0. The number of ether oxygens (including phenoxy) is 1. The maximum Gasteiger partial charge on any atom is 0.251 e. The summed E-state index contributed by atoms with van der Waals surface area (Å²) in [7, 11) is 0. The topological polar surface area (TPSA) is 114 Å². The Morgan fingerprint density at radius 3 is 2.50 bits per heavy atom. The van der Waals surface area contributed by atoms with E-state index in [9.17, 15) is 14.7 Å². The van der Waals surface area contributed by atoms with Gasteiger partial charge in [-0.2, -0.15) is 0 Å². The fraction of sp³-hybridized carbons (Fsp3) is 0.292. The van der Waals surface area contributed by atoms with Gasteiger partial charge in [0.2, 0.25) is 11.8 Å². The van der Waals surface area contributed by atoms with Crippen molar-refractivity contribution < 1.29 is 23.8 Å². The van der Waals surface area contributed by atoms with Gasteiger partial charge in [0.25, 0.3) is 5.91 Å². The summed E-state index contributed by atoms with van der Waals surface area (Å²) in [5, 5.41) is 15.3. The minimum atomic E-state index is -1.48. The van der Waals surface area contributed by atoms with Crippen LogP contribution in [0, 0.1) is 6.92 Å². The second-order valence-corrected chi connectivity index (χ2v) is 7.77. The molecule has 1 heterocycles. The number of hydrogen-bond donors (Lipinski definition) is 3. The predicted octanol–water partition coefficient (Wildman–Crippen LogP) is 3.44. The molecule has 3 N–H and O–H groups in total. The zero-order valence-corrected chi connectivity index (χ0v) is 18.3. The molecule has 0 bridgehead atoms. The molecule has 0 saturated heterocycles. The fourth-order valence-corrected chi connectivity index (χ4v) is 2.86. The molecule has 0 aliphatic carbocycles. The summed E-state index contributed by atoms with van der Waals surface area (Å²) in [5.41, 5.74) is 0.232. The molecule has 0 saturated carbocycles. The molecule has 0 radical (unpaired) electrons. The molecule has 0 aliphatic rings. The number of rotatable bonds is 9. The number of nitrogens with one attached hydrogen (secondary N) is 2. The molecule has 3 rings (SSSR count). The monoisotopic (exact) mass is 437 g/mol. The summed E-state index contributed by atoms with van der Waals surface area (Å²) in [6.07, 6.45) is 0.183. The van der Waals surface area contributed by atoms with Gasteiger partial charge >= 0.3 is 0 Å². The normalized spacial score (nSPS) is 11.1. The lowest BCUT2D eigenvalue weighted by Gasteiger charge is -2.15. The van der Waals surface area contributed by atoms with Crippen LogP contribution in [0.25, 0.3) is 11.5 Å². The highest BCUT2D eigenvalue weighted by Gasteiger charge is 2.24. The van der Waals surface area contributed by atoms with Crippen LogP contribution >= 0.6 is 0 Å². The number of amides is 2. The van der Waals surface area contributed by atoms with E-state index in [4.69, 9.17) is 9.15 Å². The molecular weight excluding hydrogens is 410 g/mol. The van der Waals surface area contributed by atoms with E-state index < -0.39 is 11.5 Å². The summed E-state index contributed by atoms with van der Waals surface area (Å²) in [4.78, 5) is 28.8. The highest BCUT2D eigenvalue weighted by molar-refractivity contribution is 5.94. The van der Waals surface area contributed by atoms with Crippen molar-refractivity contribution in [3.63, 3.8) is 0 Å². The lowest BCUT2D eigenvalue weighted by Crippen LogP contribution is -2.41. The zero-order valence-electron chi connectivity index (χ0n) is 18.3. The molecule has 3 aromatic rings. The Kier molecular flexibility index (Phi) is 7.27. The highest BCUT2D eigenvalue weighted by atomic mass is 16.5. The van der Waals surface area contributed by atoms with Gasteiger partial charge in [0.05, 0.1) is 30.8 Å². The molecule has 32 heavy (non-hydrogen) atoms. The average molecular weight is 437 g/mol. The van der Waals surface area contributed by atoms with E-state index in [2.05, 4.69) is 15.6 Å². The third-order valence-corrected chi connectivity index (χ3v) is 4.64. The van der Waals surface area contributed by atoms with E-state index in [0.717, 1.165) is 0 Å². The Labute approximate surface area is 186 Å². The van der Waals surface area contributed by atoms with Gasteiger partial charge in [-0.25, -0.2) is 4.98 Å². The van der Waals surface area contributed by atoms with Gasteiger partial charge in [-0.05, 0) is 45.0 Å². The van der Waals surface area contributed by atoms with Crippen molar-refractivity contribution >= 4 is 17.5 Å². The van der Waals surface area contributed by atoms with Gasteiger partial charge in [-0.1, -0.05) is 30.3 Å². The summed E-state index contributed by atoms with van der Waals surface area (Å²) in [5.74, 6) is 0.862. The maximum absolute atomic E-state index is 12.4.